The maximum Gasteiger partial charge on any atom is 0.175 e. The minimum absolute atomic E-state index is 0.645. The van der Waals surface area contributed by atoms with Crippen molar-refractivity contribution in [3.63, 3.8) is 0 Å². The van der Waals surface area contributed by atoms with Gasteiger partial charge in [0, 0.05) is 12.0 Å². The van der Waals surface area contributed by atoms with Gasteiger partial charge in [0.1, 0.15) is 0 Å². The summed E-state index contributed by atoms with van der Waals surface area (Å²) >= 11 is 3.45. The SMILES string of the molecule is OC1(c2ccc(Br)c3c2OCCCO3)CC1. The largest absolute Gasteiger partial charge is 0.489 e. The Hall–Kier alpha value is -0.740. The van der Waals surface area contributed by atoms with E-state index in [1.165, 1.54) is 0 Å². The van der Waals surface area contributed by atoms with Crippen LogP contribution in [-0.4, -0.2) is 18.3 Å². The van der Waals surface area contributed by atoms with E-state index in [0.29, 0.717) is 19.0 Å². The Morgan fingerprint density at radius 2 is 1.81 bits per heavy atom. The summed E-state index contributed by atoms with van der Waals surface area (Å²) < 4.78 is 12.3. The molecule has 0 spiro atoms. The van der Waals surface area contributed by atoms with E-state index in [1.54, 1.807) is 0 Å². The van der Waals surface area contributed by atoms with Gasteiger partial charge in [-0.2, -0.15) is 0 Å². The molecule has 1 aliphatic heterocycles. The van der Waals surface area contributed by atoms with Crippen molar-refractivity contribution in [2.24, 2.45) is 0 Å². The van der Waals surface area contributed by atoms with Crippen molar-refractivity contribution in [2.45, 2.75) is 24.9 Å². The van der Waals surface area contributed by atoms with Crippen LogP contribution in [0.4, 0.5) is 0 Å². The van der Waals surface area contributed by atoms with Gasteiger partial charge in [0.25, 0.3) is 0 Å². The molecule has 0 unspecified atom stereocenters. The molecule has 86 valence electrons. The van der Waals surface area contributed by atoms with Crippen molar-refractivity contribution >= 4 is 15.9 Å². The first-order valence-corrected chi connectivity index (χ1v) is 6.31. The Labute approximate surface area is 102 Å². The predicted molar refractivity (Wildman–Crippen MR) is 62.9 cm³/mol. The Kier molecular flexibility index (Phi) is 2.37. The quantitative estimate of drug-likeness (QED) is 0.862. The lowest BCUT2D eigenvalue weighted by atomic mass is 10.1. The normalized spacial score (nSPS) is 21.4. The average Bonchev–Trinajstić information content (AvgIpc) is 3.03. The van der Waals surface area contributed by atoms with E-state index < -0.39 is 5.60 Å². The Bertz CT molecular complexity index is 427. The molecule has 1 saturated carbocycles. The molecule has 1 aromatic rings. The molecule has 1 N–H and O–H groups in total. The van der Waals surface area contributed by atoms with Gasteiger partial charge in [0.2, 0.25) is 0 Å². The Morgan fingerprint density at radius 3 is 2.50 bits per heavy atom. The van der Waals surface area contributed by atoms with Crippen LogP contribution in [0.3, 0.4) is 0 Å². The zero-order valence-corrected chi connectivity index (χ0v) is 10.4. The van der Waals surface area contributed by atoms with Crippen LogP contribution in [-0.2, 0) is 5.60 Å². The smallest absolute Gasteiger partial charge is 0.175 e. The summed E-state index contributed by atoms with van der Waals surface area (Å²) in [7, 11) is 0. The maximum atomic E-state index is 10.2. The number of benzene rings is 1. The zero-order chi connectivity index (χ0) is 11.2. The second kappa shape index (κ2) is 3.64. The predicted octanol–water partition coefficient (Wildman–Crippen LogP) is 2.59. The molecule has 1 fully saturated rings. The van der Waals surface area contributed by atoms with Crippen LogP contribution >= 0.6 is 15.9 Å². The van der Waals surface area contributed by atoms with Crippen molar-refractivity contribution in [3.05, 3.63) is 22.2 Å². The second-order valence-corrected chi connectivity index (χ2v) is 5.19. The number of fused-ring (bicyclic) bond motifs is 1. The molecule has 1 aromatic carbocycles. The number of hydrogen-bond acceptors (Lipinski definition) is 3. The van der Waals surface area contributed by atoms with Gasteiger partial charge in [-0.1, -0.05) is 6.07 Å². The van der Waals surface area contributed by atoms with Crippen molar-refractivity contribution < 1.29 is 14.6 Å². The average molecular weight is 285 g/mol. The summed E-state index contributed by atoms with van der Waals surface area (Å²) in [5.74, 6) is 1.45. The fourth-order valence-corrected chi connectivity index (χ4v) is 2.40. The first kappa shape index (κ1) is 10.4. The third-order valence-corrected chi connectivity index (χ3v) is 3.69. The molecule has 16 heavy (non-hydrogen) atoms. The van der Waals surface area contributed by atoms with Crippen LogP contribution in [0, 0.1) is 0 Å². The number of halogens is 1. The van der Waals surface area contributed by atoms with Crippen LogP contribution in [0.1, 0.15) is 24.8 Å². The third kappa shape index (κ3) is 1.60. The second-order valence-electron chi connectivity index (χ2n) is 4.34. The molecule has 3 nitrogen and oxygen atoms in total. The van der Waals surface area contributed by atoms with Gasteiger partial charge in [-0.15, -0.1) is 0 Å². The first-order valence-electron chi connectivity index (χ1n) is 5.52. The van der Waals surface area contributed by atoms with E-state index in [0.717, 1.165) is 35.0 Å². The number of rotatable bonds is 1. The molecule has 1 aliphatic carbocycles. The molecule has 4 heteroatoms. The van der Waals surface area contributed by atoms with Crippen molar-refractivity contribution in [2.75, 3.05) is 13.2 Å². The first-order chi connectivity index (χ1) is 7.71. The van der Waals surface area contributed by atoms with Crippen LogP contribution in [0.5, 0.6) is 11.5 Å². The summed E-state index contributed by atoms with van der Waals surface area (Å²) in [6.45, 7) is 1.31. The summed E-state index contributed by atoms with van der Waals surface area (Å²) in [5, 5.41) is 10.2. The molecule has 2 aliphatic rings. The van der Waals surface area contributed by atoms with Gasteiger partial charge >= 0.3 is 0 Å². The molecule has 0 bridgehead atoms. The molecule has 0 amide bonds. The van der Waals surface area contributed by atoms with Crippen molar-refractivity contribution in [1.29, 1.82) is 0 Å². The van der Waals surface area contributed by atoms with Gasteiger partial charge in [0.15, 0.2) is 11.5 Å². The number of hydrogen-bond donors (Lipinski definition) is 1. The lowest BCUT2D eigenvalue weighted by molar-refractivity contribution is 0.145. The third-order valence-electron chi connectivity index (χ3n) is 3.07. The lowest BCUT2D eigenvalue weighted by Gasteiger charge is -2.17. The number of aliphatic hydroxyl groups is 1. The highest BCUT2D eigenvalue weighted by Gasteiger charge is 2.45. The Morgan fingerprint density at radius 1 is 1.12 bits per heavy atom. The fourth-order valence-electron chi connectivity index (χ4n) is 1.98. The topological polar surface area (TPSA) is 38.7 Å². The highest BCUT2D eigenvalue weighted by atomic mass is 79.9. The molecule has 0 radical (unpaired) electrons. The molecule has 3 rings (SSSR count). The fraction of sp³-hybridized carbons (Fsp3) is 0.500. The minimum Gasteiger partial charge on any atom is -0.489 e. The molecular formula is C12H13BrO3. The molecule has 0 saturated heterocycles. The van der Waals surface area contributed by atoms with E-state index in [2.05, 4.69) is 15.9 Å². The molecule has 1 heterocycles. The summed E-state index contributed by atoms with van der Waals surface area (Å²) in [5.41, 5.74) is 0.186. The minimum atomic E-state index is -0.682. The molecule has 0 atom stereocenters. The highest BCUT2D eigenvalue weighted by Crippen LogP contribution is 2.53. The summed E-state index contributed by atoms with van der Waals surface area (Å²) in [6.07, 6.45) is 2.49. The number of ether oxygens (including phenoxy) is 2. The summed E-state index contributed by atoms with van der Waals surface area (Å²) in [4.78, 5) is 0. The van der Waals surface area contributed by atoms with Gasteiger partial charge in [-0.25, -0.2) is 0 Å². The Balaban J connectivity index is 2.13. The van der Waals surface area contributed by atoms with Gasteiger partial charge in [-0.05, 0) is 34.8 Å². The van der Waals surface area contributed by atoms with E-state index >= 15 is 0 Å². The van der Waals surface area contributed by atoms with Crippen LogP contribution in [0.2, 0.25) is 0 Å². The van der Waals surface area contributed by atoms with Crippen molar-refractivity contribution in [3.8, 4) is 11.5 Å². The van der Waals surface area contributed by atoms with Gasteiger partial charge in [-0.3, -0.25) is 0 Å². The van der Waals surface area contributed by atoms with Crippen LogP contribution in [0.15, 0.2) is 16.6 Å². The molecular weight excluding hydrogens is 272 g/mol. The van der Waals surface area contributed by atoms with Gasteiger partial charge in [0.05, 0.1) is 23.3 Å². The molecule has 0 aromatic heterocycles. The monoisotopic (exact) mass is 284 g/mol. The highest BCUT2D eigenvalue weighted by molar-refractivity contribution is 9.10. The van der Waals surface area contributed by atoms with Crippen molar-refractivity contribution in [1.82, 2.24) is 0 Å². The zero-order valence-electron chi connectivity index (χ0n) is 8.83. The van der Waals surface area contributed by atoms with E-state index in [9.17, 15) is 5.11 Å². The standard InChI is InChI=1S/C12H13BrO3/c13-9-3-2-8(12(14)4-5-12)10-11(9)16-7-1-6-15-10/h2-3,14H,1,4-7H2. The van der Waals surface area contributed by atoms with Gasteiger partial charge < -0.3 is 14.6 Å². The lowest BCUT2D eigenvalue weighted by Crippen LogP contribution is -2.08. The van der Waals surface area contributed by atoms with Crippen LogP contribution < -0.4 is 9.47 Å². The van der Waals surface area contributed by atoms with Crippen LogP contribution in [0.25, 0.3) is 0 Å². The van der Waals surface area contributed by atoms with E-state index in [-0.39, 0.29) is 0 Å². The maximum absolute atomic E-state index is 10.2. The van der Waals surface area contributed by atoms with E-state index in [1.807, 2.05) is 12.1 Å². The summed E-state index contributed by atoms with van der Waals surface area (Å²) in [6, 6.07) is 3.84. The van der Waals surface area contributed by atoms with E-state index in [4.69, 9.17) is 9.47 Å².